The van der Waals surface area contributed by atoms with E-state index in [1.807, 2.05) is 26.0 Å². The van der Waals surface area contributed by atoms with Crippen molar-refractivity contribution in [3.63, 3.8) is 0 Å². The minimum Gasteiger partial charge on any atom is -0.331 e. The van der Waals surface area contributed by atoms with Crippen LogP contribution in [0.5, 0.6) is 0 Å². The predicted molar refractivity (Wildman–Crippen MR) is 117 cm³/mol. The number of nitrogens with zero attached hydrogens (tertiary/aromatic N) is 8. The lowest BCUT2D eigenvalue weighted by Gasteiger charge is -2.09. The normalized spacial score (nSPS) is 10.9. The lowest BCUT2D eigenvalue weighted by molar-refractivity contribution is 0.239. The highest BCUT2D eigenvalue weighted by molar-refractivity contribution is 6.31. The molecule has 2 heterocycles. The highest BCUT2D eigenvalue weighted by atomic mass is 35.5. The summed E-state index contributed by atoms with van der Waals surface area (Å²) in [6.45, 7) is 4.00. The summed E-state index contributed by atoms with van der Waals surface area (Å²) in [6, 6.07) is 10.4. The Morgan fingerprint density at radius 1 is 0.812 bits per heavy atom. The minimum absolute atomic E-state index is 0.113. The number of nitrogens with one attached hydrogen (secondary N) is 2. The fourth-order valence-corrected chi connectivity index (χ4v) is 3.17. The number of hydrogen-bond acceptors (Lipinski definition) is 7. The molecule has 0 unspecified atom stereocenters. The molecule has 0 aliphatic heterocycles. The zero-order valence-electron chi connectivity index (χ0n) is 17.1. The molecule has 4 rings (SSSR count). The van der Waals surface area contributed by atoms with Gasteiger partial charge in [-0.2, -0.15) is 9.36 Å². The van der Waals surface area contributed by atoms with Crippen molar-refractivity contribution in [1.82, 2.24) is 51.0 Å². The highest BCUT2D eigenvalue weighted by Crippen LogP contribution is 2.20. The number of benzene rings is 2. The average molecular weight is 473 g/mol. The molecule has 4 aromatic rings. The van der Waals surface area contributed by atoms with E-state index in [0.717, 1.165) is 22.5 Å². The molecule has 0 aliphatic rings. The van der Waals surface area contributed by atoms with Gasteiger partial charge in [0, 0.05) is 10.0 Å². The lowest BCUT2D eigenvalue weighted by Crippen LogP contribution is -2.36. The van der Waals surface area contributed by atoms with E-state index in [2.05, 4.69) is 41.7 Å². The molecule has 0 saturated heterocycles. The summed E-state index contributed by atoms with van der Waals surface area (Å²) < 4.78 is 3.07. The fourth-order valence-electron chi connectivity index (χ4n) is 2.94. The molecular weight excluding hydrogens is 455 g/mol. The quantitative estimate of drug-likeness (QED) is 0.441. The Morgan fingerprint density at radius 2 is 1.25 bits per heavy atom. The molecule has 11 nitrogen and oxygen atoms in total. The second-order valence-electron chi connectivity index (χ2n) is 6.92. The van der Waals surface area contributed by atoms with Gasteiger partial charge < -0.3 is 10.6 Å². The molecule has 32 heavy (non-hydrogen) atoms. The molecule has 2 amide bonds. The number of carbonyl (C=O) groups is 1. The molecular formula is C19H18Cl2N10O. The summed E-state index contributed by atoms with van der Waals surface area (Å²) in [5, 5.41) is 30.0. The Balaban J connectivity index is 1.37. The predicted octanol–water partition coefficient (Wildman–Crippen LogP) is 2.56. The SMILES string of the molecule is Cc1cc(-n2nnnc2CNC(=O)NCc2nnnn2-c2ccc(Cl)c(C)c2)ccc1Cl. The maximum atomic E-state index is 12.3. The third-order valence-corrected chi connectivity index (χ3v) is 5.50. The molecule has 2 N–H and O–H groups in total. The lowest BCUT2D eigenvalue weighted by atomic mass is 10.2. The van der Waals surface area contributed by atoms with Crippen LogP contribution in [0.2, 0.25) is 10.0 Å². The van der Waals surface area contributed by atoms with Gasteiger partial charge in [-0.1, -0.05) is 23.2 Å². The van der Waals surface area contributed by atoms with Crippen molar-refractivity contribution >= 4 is 29.2 Å². The van der Waals surface area contributed by atoms with E-state index >= 15 is 0 Å². The van der Waals surface area contributed by atoms with Crippen molar-refractivity contribution in [3.8, 4) is 11.4 Å². The summed E-state index contributed by atoms with van der Waals surface area (Å²) >= 11 is 12.2. The number of carbonyl (C=O) groups excluding carboxylic acids is 1. The topological polar surface area (TPSA) is 128 Å². The number of aromatic nitrogens is 8. The van der Waals surface area contributed by atoms with Crippen molar-refractivity contribution in [2.45, 2.75) is 26.9 Å². The Hall–Kier alpha value is -3.57. The maximum absolute atomic E-state index is 12.3. The largest absolute Gasteiger partial charge is 0.331 e. The van der Waals surface area contributed by atoms with E-state index in [9.17, 15) is 4.79 Å². The Labute approximate surface area is 192 Å². The van der Waals surface area contributed by atoms with Gasteiger partial charge in [-0.25, -0.2) is 4.79 Å². The Bertz CT molecular complexity index is 1170. The van der Waals surface area contributed by atoms with Crippen LogP contribution in [0.3, 0.4) is 0 Å². The average Bonchev–Trinajstić information content (AvgIpc) is 3.44. The fraction of sp³-hybridized carbons (Fsp3) is 0.211. The summed E-state index contributed by atoms with van der Waals surface area (Å²) in [7, 11) is 0. The van der Waals surface area contributed by atoms with Gasteiger partial charge in [-0.05, 0) is 82.2 Å². The van der Waals surface area contributed by atoms with Crippen molar-refractivity contribution in [2.75, 3.05) is 0 Å². The second kappa shape index (κ2) is 9.28. The first-order chi connectivity index (χ1) is 15.4. The third-order valence-electron chi connectivity index (χ3n) is 4.65. The smallest absolute Gasteiger partial charge is 0.315 e. The van der Waals surface area contributed by atoms with Gasteiger partial charge in [0.2, 0.25) is 0 Å². The van der Waals surface area contributed by atoms with Gasteiger partial charge in [-0.3, -0.25) is 0 Å². The second-order valence-corrected chi connectivity index (χ2v) is 7.73. The number of urea groups is 1. The van der Waals surface area contributed by atoms with Gasteiger partial charge in [0.25, 0.3) is 0 Å². The number of rotatable bonds is 6. The van der Waals surface area contributed by atoms with Crippen LogP contribution in [0, 0.1) is 13.8 Å². The van der Waals surface area contributed by atoms with Crippen molar-refractivity contribution in [3.05, 3.63) is 69.2 Å². The van der Waals surface area contributed by atoms with Crippen LogP contribution in [0.25, 0.3) is 11.4 Å². The van der Waals surface area contributed by atoms with E-state index < -0.39 is 6.03 Å². The number of aryl methyl sites for hydroxylation is 2. The van der Waals surface area contributed by atoms with Crippen LogP contribution in [0.4, 0.5) is 4.79 Å². The van der Waals surface area contributed by atoms with Crippen LogP contribution in [0.1, 0.15) is 22.8 Å². The molecule has 0 atom stereocenters. The summed E-state index contributed by atoms with van der Waals surface area (Å²) in [6.07, 6.45) is 0. The molecule has 0 fully saturated rings. The monoisotopic (exact) mass is 472 g/mol. The van der Waals surface area contributed by atoms with Crippen molar-refractivity contribution < 1.29 is 4.79 Å². The molecule has 0 saturated carbocycles. The first kappa shape index (κ1) is 21.7. The molecule has 0 spiro atoms. The molecule has 0 bridgehead atoms. The first-order valence-electron chi connectivity index (χ1n) is 9.51. The van der Waals surface area contributed by atoms with Crippen LogP contribution in [-0.2, 0) is 13.1 Å². The Morgan fingerprint density at radius 3 is 1.66 bits per heavy atom. The van der Waals surface area contributed by atoms with Crippen LogP contribution in [0.15, 0.2) is 36.4 Å². The zero-order chi connectivity index (χ0) is 22.7. The van der Waals surface area contributed by atoms with Gasteiger partial charge in [0.15, 0.2) is 11.6 Å². The first-order valence-corrected chi connectivity index (χ1v) is 10.3. The molecule has 13 heteroatoms. The molecule has 2 aromatic carbocycles. The van der Waals surface area contributed by atoms with Gasteiger partial charge in [0.05, 0.1) is 24.5 Å². The molecule has 0 radical (unpaired) electrons. The standard InChI is InChI=1S/C19H18Cl2N10O/c1-11-7-13(3-5-15(11)20)30-17(24-26-28-30)9-22-19(32)23-10-18-25-27-29-31(18)14-4-6-16(21)12(2)8-14/h3-8H,9-10H2,1-2H3,(H2,22,23,32). The van der Waals surface area contributed by atoms with Gasteiger partial charge in [-0.15, -0.1) is 10.2 Å². The van der Waals surface area contributed by atoms with E-state index in [1.165, 1.54) is 9.36 Å². The third kappa shape index (κ3) is 4.68. The van der Waals surface area contributed by atoms with Crippen LogP contribution >= 0.6 is 23.2 Å². The molecule has 0 aliphatic carbocycles. The zero-order valence-corrected chi connectivity index (χ0v) is 18.6. The van der Waals surface area contributed by atoms with Crippen LogP contribution in [-0.4, -0.2) is 46.4 Å². The van der Waals surface area contributed by atoms with E-state index in [-0.39, 0.29) is 13.1 Å². The van der Waals surface area contributed by atoms with E-state index in [0.29, 0.717) is 21.7 Å². The molecule has 2 aromatic heterocycles. The van der Waals surface area contributed by atoms with Gasteiger partial charge >= 0.3 is 6.03 Å². The van der Waals surface area contributed by atoms with Crippen LogP contribution < -0.4 is 10.6 Å². The summed E-state index contributed by atoms with van der Waals surface area (Å²) in [5.74, 6) is 0.923. The molecule has 164 valence electrons. The van der Waals surface area contributed by atoms with Crippen molar-refractivity contribution in [1.29, 1.82) is 0 Å². The Kier molecular flexibility index (Phi) is 6.28. The number of amides is 2. The highest BCUT2D eigenvalue weighted by Gasteiger charge is 2.13. The van der Waals surface area contributed by atoms with E-state index in [4.69, 9.17) is 23.2 Å². The number of tetrazole rings is 2. The van der Waals surface area contributed by atoms with Gasteiger partial charge in [0.1, 0.15) is 0 Å². The number of hydrogen-bond donors (Lipinski definition) is 2. The summed E-state index contributed by atoms with van der Waals surface area (Å²) in [4.78, 5) is 12.3. The van der Waals surface area contributed by atoms with E-state index in [1.54, 1.807) is 24.3 Å². The van der Waals surface area contributed by atoms with Crippen molar-refractivity contribution in [2.24, 2.45) is 0 Å². The maximum Gasteiger partial charge on any atom is 0.315 e. The number of halogens is 2. The summed E-state index contributed by atoms with van der Waals surface area (Å²) in [5.41, 5.74) is 3.27. The minimum atomic E-state index is -0.423.